The smallest absolute Gasteiger partial charge is 0.184 e. The van der Waals surface area contributed by atoms with Gasteiger partial charge in [-0.3, -0.25) is 0 Å². The number of aliphatic hydroxyl groups excluding tert-OH is 1. The molecule has 1 heterocycles. The van der Waals surface area contributed by atoms with Gasteiger partial charge in [0, 0.05) is 5.56 Å². The molecule has 1 aromatic rings. The second-order valence-corrected chi connectivity index (χ2v) is 17.5. The van der Waals surface area contributed by atoms with Crippen LogP contribution in [0, 0.1) is 0 Å². The molecule has 200 valence electrons. The summed E-state index contributed by atoms with van der Waals surface area (Å²) in [5.41, 5.74) is 1.01. The summed E-state index contributed by atoms with van der Waals surface area (Å²) in [4.78, 5) is 0. The zero-order valence-corrected chi connectivity index (χ0v) is 24.7. The maximum Gasteiger partial charge on any atom is 0.184 e. The minimum Gasteiger partial charge on any atom is -0.388 e. The number of ether oxygens (including phenoxy) is 2. The Hall–Kier alpha value is -0.943. The highest BCUT2D eigenvalue weighted by molar-refractivity contribution is 6.86. The Morgan fingerprint density at radius 3 is 2.00 bits per heavy atom. The molecular formula is C31H54O3Si. The molecule has 1 saturated heterocycles. The summed E-state index contributed by atoms with van der Waals surface area (Å²) in [6, 6.07) is 10.1. The fourth-order valence-electron chi connectivity index (χ4n) is 4.75. The lowest BCUT2D eigenvalue weighted by atomic mass is 10.0. The first-order chi connectivity index (χ1) is 16.7. The maximum atomic E-state index is 10.7. The molecule has 0 bridgehead atoms. The minimum absolute atomic E-state index is 0.256. The van der Waals surface area contributed by atoms with Gasteiger partial charge in [0.05, 0.1) is 14.7 Å². The Bertz CT molecular complexity index is 722. The van der Waals surface area contributed by atoms with E-state index in [9.17, 15) is 5.11 Å². The number of benzene rings is 1. The fourth-order valence-corrected chi connectivity index (χ4v) is 7.10. The van der Waals surface area contributed by atoms with Crippen LogP contribution >= 0.6 is 0 Å². The van der Waals surface area contributed by atoms with E-state index in [2.05, 4.69) is 46.9 Å². The molecule has 2 rings (SSSR count). The molecule has 1 aliphatic heterocycles. The van der Waals surface area contributed by atoms with Gasteiger partial charge in [-0.05, 0) is 17.9 Å². The van der Waals surface area contributed by atoms with Gasteiger partial charge in [0.25, 0.3) is 0 Å². The second kappa shape index (κ2) is 15.3. The first-order valence-corrected chi connectivity index (χ1v) is 17.4. The molecule has 0 aromatic heterocycles. The average Bonchev–Trinajstić information content (AvgIpc) is 2.82. The van der Waals surface area contributed by atoms with E-state index in [1.165, 1.54) is 70.6 Å². The van der Waals surface area contributed by atoms with Gasteiger partial charge in [-0.2, -0.15) is 0 Å². The number of rotatable bonds is 15. The maximum absolute atomic E-state index is 10.7. The molecule has 0 saturated carbocycles. The molecule has 1 N–H and O–H groups in total. The summed E-state index contributed by atoms with van der Waals surface area (Å²) >= 11 is 0. The predicted molar refractivity (Wildman–Crippen MR) is 152 cm³/mol. The van der Waals surface area contributed by atoms with Gasteiger partial charge < -0.3 is 14.6 Å². The van der Waals surface area contributed by atoms with Crippen LogP contribution in [-0.4, -0.2) is 32.0 Å². The Morgan fingerprint density at radius 2 is 1.46 bits per heavy atom. The van der Waals surface area contributed by atoms with E-state index in [-0.39, 0.29) is 11.1 Å². The zero-order valence-electron chi connectivity index (χ0n) is 23.7. The van der Waals surface area contributed by atoms with Crippen molar-refractivity contribution in [1.29, 1.82) is 0 Å². The van der Waals surface area contributed by atoms with Crippen LogP contribution in [-0.2, 0) is 9.47 Å². The first-order valence-electron chi connectivity index (χ1n) is 14.4. The zero-order chi connectivity index (χ0) is 25.7. The third kappa shape index (κ3) is 10.1. The molecule has 0 aliphatic carbocycles. The summed E-state index contributed by atoms with van der Waals surface area (Å²) in [6.07, 6.45) is 17.1. The predicted octanol–water partition coefficient (Wildman–Crippen LogP) is 9.14. The van der Waals surface area contributed by atoms with Crippen molar-refractivity contribution >= 4 is 8.07 Å². The summed E-state index contributed by atoms with van der Waals surface area (Å²) in [6.45, 7) is 14.7. The molecule has 3 nitrogen and oxygen atoms in total. The van der Waals surface area contributed by atoms with Crippen molar-refractivity contribution < 1.29 is 14.6 Å². The summed E-state index contributed by atoms with van der Waals surface area (Å²) in [7, 11) is -1.72. The van der Waals surface area contributed by atoms with Gasteiger partial charge in [-0.25, -0.2) is 0 Å². The molecule has 1 aliphatic rings. The van der Waals surface area contributed by atoms with E-state index in [4.69, 9.17) is 9.47 Å². The topological polar surface area (TPSA) is 38.7 Å². The van der Waals surface area contributed by atoms with E-state index < -0.39 is 20.5 Å². The molecule has 0 radical (unpaired) electrons. The largest absolute Gasteiger partial charge is 0.388 e. The van der Waals surface area contributed by atoms with Crippen LogP contribution in [0.2, 0.25) is 18.1 Å². The van der Waals surface area contributed by atoms with Crippen molar-refractivity contribution in [3.8, 4) is 0 Å². The number of hydrogen-bond acceptors (Lipinski definition) is 3. The summed E-state index contributed by atoms with van der Waals surface area (Å²) < 4.78 is 12.1. The summed E-state index contributed by atoms with van der Waals surface area (Å²) in [5, 5.41) is 12.5. The summed E-state index contributed by atoms with van der Waals surface area (Å²) in [5.74, 6) is 0. The first kappa shape index (κ1) is 30.3. The molecule has 4 heteroatoms. The quantitative estimate of drug-likeness (QED) is 0.192. The van der Waals surface area contributed by atoms with Crippen LogP contribution in [0.25, 0.3) is 0 Å². The Morgan fingerprint density at radius 1 is 0.914 bits per heavy atom. The lowest BCUT2D eigenvalue weighted by molar-refractivity contribution is -0.244. The number of aliphatic hydroxyl groups is 1. The highest BCUT2D eigenvalue weighted by Gasteiger charge is 2.39. The van der Waals surface area contributed by atoms with Gasteiger partial charge >= 0.3 is 0 Å². The Balaban J connectivity index is 1.92. The molecular weight excluding hydrogens is 448 g/mol. The van der Waals surface area contributed by atoms with E-state index in [0.717, 1.165) is 12.0 Å². The highest BCUT2D eigenvalue weighted by Crippen LogP contribution is 2.43. The van der Waals surface area contributed by atoms with Crippen LogP contribution in [0.3, 0.4) is 0 Å². The van der Waals surface area contributed by atoms with Crippen molar-refractivity contribution in [3.05, 3.63) is 47.2 Å². The molecule has 35 heavy (non-hydrogen) atoms. The van der Waals surface area contributed by atoms with Crippen molar-refractivity contribution in [3.63, 3.8) is 0 Å². The number of allylic oxidation sites excluding steroid dienone is 1. The second-order valence-electron chi connectivity index (χ2n) is 12.1. The molecule has 0 amide bonds. The van der Waals surface area contributed by atoms with Gasteiger partial charge in [0.1, 0.15) is 12.2 Å². The lowest BCUT2D eigenvalue weighted by Gasteiger charge is -2.41. The molecule has 1 fully saturated rings. The third-order valence-electron chi connectivity index (χ3n) is 8.24. The lowest BCUT2D eigenvalue weighted by Crippen LogP contribution is -2.43. The molecule has 0 spiro atoms. The van der Waals surface area contributed by atoms with Gasteiger partial charge in [0.2, 0.25) is 0 Å². The minimum atomic E-state index is -1.72. The van der Waals surface area contributed by atoms with E-state index in [0.29, 0.717) is 6.61 Å². The number of unbranched alkanes of at least 4 members (excludes halogenated alkanes) is 10. The normalized spacial score (nSPS) is 21.9. The Labute approximate surface area is 217 Å². The van der Waals surface area contributed by atoms with E-state index >= 15 is 0 Å². The average molecular weight is 503 g/mol. The highest BCUT2D eigenvalue weighted by atomic mass is 28.3. The van der Waals surface area contributed by atoms with Gasteiger partial charge in [-0.15, -0.1) is 0 Å². The van der Waals surface area contributed by atoms with Gasteiger partial charge in [-0.1, -0.05) is 147 Å². The van der Waals surface area contributed by atoms with Crippen molar-refractivity contribution in [2.75, 3.05) is 6.61 Å². The van der Waals surface area contributed by atoms with Crippen molar-refractivity contribution in [2.45, 2.75) is 141 Å². The van der Waals surface area contributed by atoms with Crippen LogP contribution < -0.4 is 0 Å². The van der Waals surface area contributed by atoms with Gasteiger partial charge in [0.15, 0.2) is 6.29 Å². The van der Waals surface area contributed by atoms with Crippen molar-refractivity contribution in [1.82, 2.24) is 0 Å². The fraction of sp³-hybridized carbons (Fsp3) is 0.742. The van der Waals surface area contributed by atoms with Crippen LogP contribution in [0.4, 0.5) is 0 Å². The van der Waals surface area contributed by atoms with Crippen LogP contribution in [0.1, 0.15) is 117 Å². The SMILES string of the molecule is CCCCCCCCCCCCC/C(=C/[C@H]1O[C@@H](c2ccccc2)OC[C@H]1O)[Si](C)(C)C(C)(C)C. The van der Waals surface area contributed by atoms with Crippen LogP contribution in [0.5, 0.6) is 0 Å². The Kier molecular flexibility index (Phi) is 13.3. The molecule has 1 aromatic carbocycles. The van der Waals surface area contributed by atoms with Crippen molar-refractivity contribution in [2.24, 2.45) is 0 Å². The monoisotopic (exact) mass is 502 g/mol. The molecule has 0 unspecified atom stereocenters. The van der Waals surface area contributed by atoms with Crippen LogP contribution in [0.15, 0.2) is 41.6 Å². The standard InChI is InChI=1S/C31H54O3Si/c1-7-8-9-10-11-12-13-14-15-16-20-23-27(35(5,6)31(2,3)4)24-29-28(32)25-33-30(34-29)26-21-18-17-19-22-26/h17-19,21-22,24,28-30,32H,7-16,20,23,25H2,1-6H3/b27-24-/t28-,29-,30+/m1/s1. The molecule has 3 atom stereocenters. The third-order valence-corrected chi connectivity index (χ3v) is 14.0. The van der Waals surface area contributed by atoms with E-state index in [1.54, 1.807) is 5.20 Å². The van der Waals surface area contributed by atoms with E-state index in [1.807, 2.05) is 30.3 Å². The number of hydrogen-bond donors (Lipinski definition) is 1.